The van der Waals surface area contributed by atoms with Gasteiger partial charge in [0.1, 0.15) is 0 Å². The minimum absolute atomic E-state index is 0.154. The fourth-order valence-electron chi connectivity index (χ4n) is 3.08. The predicted molar refractivity (Wildman–Crippen MR) is 115 cm³/mol. The molecule has 0 atom stereocenters. The molecule has 0 radical (unpaired) electrons. The summed E-state index contributed by atoms with van der Waals surface area (Å²) in [5.41, 5.74) is 2.46. The van der Waals surface area contributed by atoms with E-state index in [-0.39, 0.29) is 12.3 Å². The van der Waals surface area contributed by atoms with Gasteiger partial charge in [-0.15, -0.1) is 11.3 Å². The Kier molecular flexibility index (Phi) is 6.17. The summed E-state index contributed by atoms with van der Waals surface area (Å²) in [6, 6.07) is 13.1. The van der Waals surface area contributed by atoms with Gasteiger partial charge >= 0.3 is 0 Å². The molecule has 0 bridgehead atoms. The van der Waals surface area contributed by atoms with Crippen molar-refractivity contribution < 1.29 is 14.3 Å². The lowest BCUT2D eigenvalue weighted by Crippen LogP contribution is -2.14. The maximum Gasteiger partial charge on any atom is 0.230 e. The summed E-state index contributed by atoms with van der Waals surface area (Å²) in [6.45, 7) is 1.11. The van der Waals surface area contributed by atoms with Crippen LogP contribution < -0.4 is 14.8 Å². The Hall–Kier alpha value is -3.08. The third kappa shape index (κ3) is 4.90. The van der Waals surface area contributed by atoms with Crippen LogP contribution in [0.3, 0.4) is 0 Å². The van der Waals surface area contributed by atoms with Crippen molar-refractivity contribution in [1.82, 2.24) is 4.98 Å². The number of hydrogen-bond acceptors (Lipinski definition) is 6. The summed E-state index contributed by atoms with van der Waals surface area (Å²) < 4.78 is 11.3. The number of amides is 1. The molecule has 0 saturated carbocycles. The first-order valence-corrected chi connectivity index (χ1v) is 10.6. The lowest BCUT2D eigenvalue weighted by Gasteiger charge is -2.11. The van der Waals surface area contributed by atoms with Crippen molar-refractivity contribution in [2.75, 3.05) is 18.5 Å². The van der Waals surface area contributed by atoms with E-state index in [1.165, 1.54) is 11.3 Å². The van der Waals surface area contributed by atoms with Gasteiger partial charge in [0.25, 0.3) is 0 Å². The van der Waals surface area contributed by atoms with Crippen LogP contribution in [0.15, 0.2) is 42.6 Å². The number of fused-ring (bicyclic) bond motifs is 1. The monoisotopic (exact) mass is 439 g/mol. The second kappa shape index (κ2) is 9.16. The molecule has 3 aromatic rings. The lowest BCUT2D eigenvalue weighted by atomic mass is 10.1. The Morgan fingerprint density at radius 2 is 2.00 bits per heavy atom. The van der Waals surface area contributed by atoms with Crippen LogP contribution >= 0.6 is 22.9 Å². The topological polar surface area (TPSA) is 84.2 Å². The van der Waals surface area contributed by atoms with E-state index >= 15 is 0 Å². The molecular weight excluding hydrogens is 422 g/mol. The van der Waals surface area contributed by atoms with Gasteiger partial charge < -0.3 is 14.8 Å². The van der Waals surface area contributed by atoms with E-state index in [2.05, 4.69) is 16.4 Å². The molecule has 0 unspecified atom stereocenters. The van der Waals surface area contributed by atoms with Crippen LogP contribution in [0.4, 0.5) is 5.13 Å². The minimum atomic E-state index is -0.181. The average molecular weight is 440 g/mol. The number of nitriles is 1. The quantitative estimate of drug-likeness (QED) is 0.628. The molecule has 4 rings (SSSR count). The van der Waals surface area contributed by atoms with Crippen molar-refractivity contribution in [3.8, 4) is 17.6 Å². The first kappa shape index (κ1) is 20.2. The van der Waals surface area contributed by atoms with E-state index in [0.717, 1.165) is 22.4 Å². The van der Waals surface area contributed by atoms with Gasteiger partial charge in [-0.25, -0.2) is 4.98 Å². The smallest absolute Gasteiger partial charge is 0.230 e. The molecule has 30 heavy (non-hydrogen) atoms. The third-order valence-electron chi connectivity index (χ3n) is 4.49. The Morgan fingerprint density at radius 1 is 1.20 bits per heavy atom. The number of nitrogens with one attached hydrogen (secondary N) is 1. The van der Waals surface area contributed by atoms with Crippen molar-refractivity contribution in [2.45, 2.75) is 19.3 Å². The molecule has 1 amide bonds. The van der Waals surface area contributed by atoms with Crippen LogP contribution in [0.2, 0.25) is 5.02 Å². The molecule has 6 nitrogen and oxygen atoms in total. The Labute approximate surface area is 183 Å². The number of thiazole rings is 1. The van der Waals surface area contributed by atoms with Crippen LogP contribution in [0.5, 0.6) is 11.5 Å². The molecular formula is C22H18ClN3O3S. The fraction of sp³-hybridized carbons (Fsp3) is 0.227. The number of carbonyl (C=O) groups excluding carboxylic acids is 1. The SMILES string of the molecule is N#Cc1ccc(Cc2cnc(NC(=O)Cc3cc(Cl)c4c(c3)OCCCO4)s2)cc1. The van der Waals surface area contributed by atoms with Crippen molar-refractivity contribution in [3.63, 3.8) is 0 Å². The average Bonchev–Trinajstić information content (AvgIpc) is 3.01. The van der Waals surface area contributed by atoms with Gasteiger partial charge in [-0.2, -0.15) is 5.26 Å². The second-order valence-electron chi connectivity index (χ2n) is 6.80. The molecule has 1 aliphatic heterocycles. The van der Waals surface area contributed by atoms with E-state index in [9.17, 15) is 4.79 Å². The van der Waals surface area contributed by atoms with Gasteiger partial charge in [0.05, 0.1) is 36.3 Å². The van der Waals surface area contributed by atoms with Gasteiger partial charge in [-0.3, -0.25) is 4.79 Å². The predicted octanol–water partition coefficient (Wildman–Crippen LogP) is 4.60. The zero-order chi connectivity index (χ0) is 20.9. The standard InChI is InChI=1S/C22H18ClN3O3S/c23-18-9-16(10-19-21(18)29-7-1-6-28-19)11-20(27)26-22-25-13-17(30-22)8-14-2-4-15(12-24)5-3-14/h2-5,9-10,13H,1,6-8,11H2,(H,25,26,27). The van der Waals surface area contributed by atoms with Crippen LogP contribution in [0.1, 0.15) is 28.0 Å². The number of nitrogens with zero attached hydrogens (tertiary/aromatic N) is 2. The van der Waals surface area contributed by atoms with Crippen LogP contribution in [-0.2, 0) is 17.6 Å². The first-order valence-electron chi connectivity index (χ1n) is 9.42. The van der Waals surface area contributed by atoms with Gasteiger partial charge in [0.2, 0.25) is 5.91 Å². The molecule has 0 fully saturated rings. The molecule has 152 valence electrons. The molecule has 0 aliphatic carbocycles. The van der Waals surface area contributed by atoms with E-state index in [1.54, 1.807) is 30.5 Å². The minimum Gasteiger partial charge on any atom is -0.489 e. The molecule has 1 aliphatic rings. The second-order valence-corrected chi connectivity index (χ2v) is 8.32. The number of benzene rings is 2. The van der Waals surface area contributed by atoms with Gasteiger partial charge in [-0.05, 0) is 35.4 Å². The molecule has 0 spiro atoms. The van der Waals surface area contributed by atoms with E-state index in [0.29, 0.717) is 46.9 Å². The lowest BCUT2D eigenvalue weighted by molar-refractivity contribution is -0.115. The Bertz CT molecular complexity index is 1110. The zero-order valence-electron chi connectivity index (χ0n) is 16.0. The van der Waals surface area contributed by atoms with Crippen LogP contribution in [-0.4, -0.2) is 24.1 Å². The number of anilines is 1. The van der Waals surface area contributed by atoms with Crippen LogP contribution in [0, 0.1) is 11.3 Å². The highest BCUT2D eigenvalue weighted by atomic mass is 35.5. The highest BCUT2D eigenvalue weighted by Crippen LogP contribution is 2.38. The number of halogens is 1. The largest absolute Gasteiger partial charge is 0.489 e. The van der Waals surface area contributed by atoms with E-state index in [1.807, 2.05) is 12.1 Å². The van der Waals surface area contributed by atoms with Gasteiger partial charge in [0, 0.05) is 23.9 Å². The molecule has 2 aromatic carbocycles. The highest BCUT2D eigenvalue weighted by molar-refractivity contribution is 7.15. The number of rotatable bonds is 5. The van der Waals surface area contributed by atoms with Gasteiger partial charge in [0.15, 0.2) is 16.6 Å². The fourth-order valence-corrected chi connectivity index (χ4v) is 4.23. The summed E-state index contributed by atoms with van der Waals surface area (Å²) in [6.07, 6.45) is 3.39. The molecule has 2 heterocycles. The van der Waals surface area contributed by atoms with Gasteiger partial charge in [-0.1, -0.05) is 23.7 Å². The maximum atomic E-state index is 12.5. The Morgan fingerprint density at radius 3 is 2.80 bits per heavy atom. The number of ether oxygens (including phenoxy) is 2. The Balaban J connectivity index is 1.38. The van der Waals surface area contributed by atoms with Crippen molar-refractivity contribution in [1.29, 1.82) is 5.26 Å². The number of carbonyl (C=O) groups is 1. The van der Waals surface area contributed by atoms with E-state index in [4.69, 9.17) is 26.3 Å². The summed E-state index contributed by atoms with van der Waals surface area (Å²) in [4.78, 5) is 17.8. The third-order valence-corrected chi connectivity index (χ3v) is 5.68. The maximum absolute atomic E-state index is 12.5. The highest BCUT2D eigenvalue weighted by Gasteiger charge is 2.17. The number of hydrogen-bond donors (Lipinski definition) is 1. The summed E-state index contributed by atoms with van der Waals surface area (Å²) in [5, 5.41) is 12.7. The molecule has 1 N–H and O–H groups in total. The van der Waals surface area contributed by atoms with Crippen molar-refractivity contribution in [3.05, 3.63) is 69.2 Å². The van der Waals surface area contributed by atoms with Crippen molar-refractivity contribution >= 4 is 34.0 Å². The normalized spacial score (nSPS) is 12.7. The first-order chi connectivity index (χ1) is 14.6. The molecule has 8 heteroatoms. The summed E-state index contributed by atoms with van der Waals surface area (Å²) in [7, 11) is 0. The van der Waals surface area contributed by atoms with E-state index < -0.39 is 0 Å². The molecule has 1 aromatic heterocycles. The zero-order valence-corrected chi connectivity index (χ0v) is 17.6. The van der Waals surface area contributed by atoms with Crippen molar-refractivity contribution in [2.24, 2.45) is 0 Å². The van der Waals surface area contributed by atoms with Crippen LogP contribution in [0.25, 0.3) is 0 Å². The summed E-state index contributed by atoms with van der Waals surface area (Å²) in [5.74, 6) is 0.923. The molecule has 0 saturated heterocycles. The number of aromatic nitrogens is 1. The summed E-state index contributed by atoms with van der Waals surface area (Å²) >= 11 is 7.72.